The average Bonchev–Trinajstić information content (AvgIpc) is 2.75. The number of benzene rings is 1. The number of imidazole rings is 2. The third-order valence-electron chi connectivity index (χ3n) is 2.85. The Balaban J connectivity index is 2.45. The van der Waals surface area contributed by atoms with Crippen LogP contribution in [0, 0.1) is 0 Å². The zero-order valence-corrected chi connectivity index (χ0v) is 9.57. The molecule has 0 spiro atoms. The summed E-state index contributed by atoms with van der Waals surface area (Å²) in [4.78, 5) is 4.53. The summed E-state index contributed by atoms with van der Waals surface area (Å²) in [6.07, 6.45) is 2.01. The molecule has 0 amide bonds. The molecule has 0 aliphatic heterocycles. The smallest absolute Gasteiger partial charge is 0.214 e. The van der Waals surface area contributed by atoms with Crippen molar-refractivity contribution < 1.29 is 0 Å². The van der Waals surface area contributed by atoms with Crippen molar-refractivity contribution in [2.75, 3.05) is 0 Å². The van der Waals surface area contributed by atoms with Gasteiger partial charge in [0.05, 0.1) is 16.7 Å². The summed E-state index contributed by atoms with van der Waals surface area (Å²) in [5, 5.41) is 0.704. The van der Waals surface area contributed by atoms with Gasteiger partial charge in [-0.05, 0) is 18.2 Å². The zero-order valence-electron chi connectivity index (χ0n) is 8.81. The second-order valence-corrected chi connectivity index (χ2v) is 4.23. The first-order valence-corrected chi connectivity index (χ1v) is 5.40. The van der Waals surface area contributed by atoms with Crippen molar-refractivity contribution in [3.05, 3.63) is 35.1 Å². The number of nitrogens with two attached hydrogens (primary N) is 1. The Labute approximate surface area is 97.2 Å². The van der Waals surface area contributed by atoms with Crippen LogP contribution < -0.4 is 5.73 Å². The lowest BCUT2D eigenvalue weighted by molar-refractivity contribution is 0.840. The van der Waals surface area contributed by atoms with Crippen LogP contribution in [0.2, 0.25) is 5.02 Å². The Hall–Kier alpha value is -1.52. The van der Waals surface area contributed by atoms with E-state index in [2.05, 4.69) is 4.98 Å². The van der Waals surface area contributed by atoms with Gasteiger partial charge in [-0.2, -0.15) is 0 Å². The topological polar surface area (TPSA) is 48.2 Å². The number of hydrogen-bond acceptors (Lipinski definition) is 2. The molecule has 0 fully saturated rings. The van der Waals surface area contributed by atoms with Crippen molar-refractivity contribution in [2.24, 2.45) is 12.8 Å². The van der Waals surface area contributed by atoms with Crippen molar-refractivity contribution in [1.82, 2.24) is 14.0 Å². The molecular weight excluding hydrogens is 224 g/mol. The van der Waals surface area contributed by atoms with E-state index in [9.17, 15) is 0 Å². The Morgan fingerprint density at radius 2 is 2.25 bits per heavy atom. The second kappa shape index (κ2) is 3.23. The summed E-state index contributed by atoms with van der Waals surface area (Å²) in [5.74, 6) is 0.887. The molecule has 0 unspecified atom stereocenters. The average molecular weight is 235 g/mol. The van der Waals surface area contributed by atoms with Gasteiger partial charge in [0.15, 0.2) is 0 Å². The van der Waals surface area contributed by atoms with Crippen LogP contribution >= 0.6 is 11.6 Å². The predicted octanol–water partition coefficient (Wildman–Crippen LogP) is 1.94. The van der Waals surface area contributed by atoms with Crippen molar-refractivity contribution in [1.29, 1.82) is 0 Å². The number of rotatable bonds is 1. The lowest BCUT2D eigenvalue weighted by Crippen LogP contribution is -2.02. The molecule has 0 bridgehead atoms. The minimum atomic E-state index is 0.509. The van der Waals surface area contributed by atoms with E-state index in [1.165, 1.54) is 0 Å². The standard InChI is InChI=1S/C11H11ClN4/c1-15-8(5-13)6-16-10-3-2-7(12)4-9(10)14-11(15)16/h2-4,6H,5,13H2,1H3. The summed E-state index contributed by atoms with van der Waals surface area (Å²) in [7, 11) is 1.96. The Morgan fingerprint density at radius 3 is 3.00 bits per heavy atom. The molecule has 2 aromatic heterocycles. The van der Waals surface area contributed by atoms with E-state index in [1.54, 1.807) is 0 Å². The van der Waals surface area contributed by atoms with Crippen LogP contribution in [0.5, 0.6) is 0 Å². The van der Waals surface area contributed by atoms with Crippen LogP contribution in [0.15, 0.2) is 24.4 Å². The monoisotopic (exact) mass is 234 g/mol. The van der Waals surface area contributed by atoms with Gasteiger partial charge in [0.1, 0.15) is 0 Å². The van der Waals surface area contributed by atoms with Gasteiger partial charge in [0.25, 0.3) is 0 Å². The molecule has 0 saturated carbocycles. The van der Waals surface area contributed by atoms with Gasteiger partial charge in [0.2, 0.25) is 5.78 Å². The summed E-state index contributed by atoms with van der Waals surface area (Å²) >= 11 is 5.94. The van der Waals surface area contributed by atoms with Gasteiger partial charge in [0, 0.05) is 24.8 Å². The first-order valence-electron chi connectivity index (χ1n) is 5.02. The fourth-order valence-electron chi connectivity index (χ4n) is 1.98. The molecule has 4 nitrogen and oxygen atoms in total. The van der Waals surface area contributed by atoms with Crippen molar-refractivity contribution in [3.8, 4) is 0 Å². The van der Waals surface area contributed by atoms with E-state index in [1.807, 2.05) is 40.4 Å². The SMILES string of the molecule is Cn1c(CN)cn2c3ccc(Cl)cc3nc12. The maximum Gasteiger partial charge on any atom is 0.214 e. The number of nitrogens with zero attached hydrogens (tertiary/aromatic N) is 3. The van der Waals surface area contributed by atoms with Crippen LogP contribution in [-0.4, -0.2) is 14.0 Å². The van der Waals surface area contributed by atoms with Crippen molar-refractivity contribution in [3.63, 3.8) is 0 Å². The highest BCUT2D eigenvalue weighted by Crippen LogP contribution is 2.21. The third-order valence-corrected chi connectivity index (χ3v) is 3.09. The van der Waals surface area contributed by atoms with Crippen molar-refractivity contribution >= 4 is 28.4 Å². The number of hydrogen-bond donors (Lipinski definition) is 1. The van der Waals surface area contributed by atoms with E-state index in [0.29, 0.717) is 11.6 Å². The van der Waals surface area contributed by atoms with E-state index < -0.39 is 0 Å². The number of fused-ring (bicyclic) bond motifs is 3. The molecule has 0 atom stereocenters. The van der Waals surface area contributed by atoms with Gasteiger partial charge in [-0.25, -0.2) is 4.98 Å². The molecule has 5 heteroatoms. The maximum atomic E-state index is 5.94. The molecule has 1 aromatic carbocycles. The van der Waals surface area contributed by atoms with E-state index in [0.717, 1.165) is 22.5 Å². The Bertz CT molecular complexity index is 680. The van der Waals surface area contributed by atoms with Gasteiger partial charge in [-0.1, -0.05) is 11.6 Å². The quantitative estimate of drug-likeness (QED) is 0.700. The summed E-state index contributed by atoms with van der Waals surface area (Å²) in [6, 6.07) is 5.71. The zero-order chi connectivity index (χ0) is 11.3. The molecule has 2 heterocycles. The molecule has 82 valence electrons. The first-order chi connectivity index (χ1) is 7.70. The largest absolute Gasteiger partial charge is 0.325 e. The van der Waals surface area contributed by atoms with Gasteiger partial charge in [-0.15, -0.1) is 0 Å². The number of aryl methyl sites for hydroxylation is 1. The summed E-state index contributed by atoms with van der Waals surface area (Å²) in [6.45, 7) is 0.509. The molecule has 3 rings (SSSR count). The fourth-order valence-corrected chi connectivity index (χ4v) is 2.14. The van der Waals surface area contributed by atoms with Crippen LogP contribution in [0.25, 0.3) is 16.8 Å². The fraction of sp³-hybridized carbons (Fsp3) is 0.182. The molecular formula is C11H11ClN4. The molecule has 0 aliphatic rings. The van der Waals surface area contributed by atoms with Crippen LogP contribution in [0.1, 0.15) is 5.69 Å². The molecule has 0 radical (unpaired) electrons. The third kappa shape index (κ3) is 1.17. The maximum absolute atomic E-state index is 5.94. The molecule has 2 N–H and O–H groups in total. The molecule has 3 aromatic rings. The Morgan fingerprint density at radius 1 is 1.44 bits per heavy atom. The van der Waals surface area contributed by atoms with Crippen LogP contribution in [0.4, 0.5) is 0 Å². The lowest BCUT2D eigenvalue weighted by Gasteiger charge is -1.96. The highest BCUT2D eigenvalue weighted by molar-refractivity contribution is 6.31. The van der Waals surface area contributed by atoms with Crippen LogP contribution in [0.3, 0.4) is 0 Å². The second-order valence-electron chi connectivity index (χ2n) is 3.80. The van der Waals surface area contributed by atoms with E-state index in [4.69, 9.17) is 17.3 Å². The summed E-state index contributed by atoms with van der Waals surface area (Å²) < 4.78 is 4.03. The first kappa shape index (κ1) is 9.69. The minimum absolute atomic E-state index is 0.509. The number of aromatic nitrogens is 3. The predicted molar refractivity (Wildman–Crippen MR) is 64.6 cm³/mol. The molecule has 0 aliphatic carbocycles. The van der Waals surface area contributed by atoms with Gasteiger partial charge >= 0.3 is 0 Å². The van der Waals surface area contributed by atoms with E-state index in [-0.39, 0.29) is 0 Å². The highest BCUT2D eigenvalue weighted by Gasteiger charge is 2.10. The normalized spacial score (nSPS) is 11.7. The minimum Gasteiger partial charge on any atom is -0.325 e. The van der Waals surface area contributed by atoms with Gasteiger partial charge in [-0.3, -0.25) is 4.40 Å². The van der Waals surface area contributed by atoms with Gasteiger partial charge < -0.3 is 10.3 Å². The lowest BCUT2D eigenvalue weighted by atomic mass is 10.3. The van der Waals surface area contributed by atoms with E-state index >= 15 is 0 Å². The molecule has 0 saturated heterocycles. The summed E-state index contributed by atoms with van der Waals surface area (Å²) in [5.41, 5.74) is 8.67. The highest BCUT2D eigenvalue weighted by atomic mass is 35.5. The molecule has 16 heavy (non-hydrogen) atoms. The van der Waals surface area contributed by atoms with Crippen LogP contribution in [-0.2, 0) is 13.6 Å². The number of halogens is 1. The Kier molecular flexibility index (Phi) is 1.96. The van der Waals surface area contributed by atoms with Crippen molar-refractivity contribution in [2.45, 2.75) is 6.54 Å².